The number of carbonyl (C=O) groups excluding carboxylic acids is 4. The van der Waals surface area contributed by atoms with Crippen LogP contribution < -0.4 is 0 Å². The zero-order valence-electron chi connectivity index (χ0n) is 59.9. The monoisotopic (exact) mass is 1350 g/mol. The van der Waals surface area contributed by atoms with Gasteiger partial charge in [-0.3, -0.25) is 37.3 Å². The van der Waals surface area contributed by atoms with Gasteiger partial charge in [0.1, 0.15) is 19.3 Å². The number of aliphatic hydroxyl groups is 1. The van der Waals surface area contributed by atoms with E-state index in [-0.39, 0.29) is 25.7 Å². The molecule has 0 radical (unpaired) electrons. The molecule has 3 unspecified atom stereocenters. The van der Waals surface area contributed by atoms with E-state index in [0.29, 0.717) is 25.7 Å². The summed E-state index contributed by atoms with van der Waals surface area (Å²) < 4.78 is 68.3. The molecule has 546 valence electrons. The Balaban J connectivity index is 5.19. The highest BCUT2D eigenvalue weighted by atomic mass is 31.2. The maximum absolute atomic E-state index is 13.1. The first kappa shape index (κ1) is 90.1. The second kappa shape index (κ2) is 65.0. The Morgan fingerprint density at radius 1 is 0.315 bits per heavy atom. The van der Waals surface area contributed by atoms with E-state index in [4.69, 9.17) is 37.0 Å². The highest BCUT2D eigenvalue weighted by molar-refractivity contribution is 7.47. The van der Waals surface area contributed by atoms with Gasteiger partial charge in [0, 0.05) is 25.7 Å². The summed E-state index contributed by atoms with van der Waals surface area (Å²) in [5.41, 5.74) is 0. The summed E-state index contributed by atoms with van der Waals surface area (Å²) in [5, 5.41) is 10.6. The number of aliphatic hydroxyl groups excluding tert-OH is 1. The molecule has 0 saturated carbocycles. The van der Waals surface area contributed by atoms with E-state index in [1.54, 1.807) is 0 Å². The molecule has 0 aliphatic rings. The lowest BCUT2D eigenvalue weighted by atomic mass is 10.00. The fraction of sp³-hybridized carbons (Fsp3) is 0.945. The summed E-state index contributed by atoms with van der Waals surface area (Å²) >= 11 is 0. The van der Waals surface area contributed by atoms with Crippen molar-refractivity contribution in [3.05, 3.63) is 0 Å². The molecule has 0 aromatic heterocycles. The van der Waals surface area contributed by atoms with Crippen LogP contribution in [0.3, 0.4) is 0 Å². The Kier molecular flexibility index (Phi) is 63.7. The van der Waals surface area contributed by atoms with Crippen molar-refractivity contribution in [2.75, 3.05) is 39.6 Å². The number of rotatable bonds is 72. The van der Waals surface area contributed by atoms with Gasteiger partial charge in [0.2, 0.25) is 0 Å². The highest BCUT2D eigenvalue weighted by Crippen LogP contribution is 2.45. The van der Waals surface area contributed by atoms with Crippen LogP contribution in [0.5, 0.6) is 0 Å². The molecule has 0 rings (SSSR count). The van der Waals surface area contributed by atoms with E-state index in [0.717, 1.165) is 102 Å². The van der Waals surface area contributed by atoms with E-state index >= 15 is 0 Å². The zero-order valence-corrected chi connectivity index (χ0v) is 61.6. The topological polar surface area (TPSA) is 237 Å². The first-order valence-corrected chi connectivity index (χ1v) is 41.0. The van der Waals surface area contributed by atoms with Gasteiger partial charge < -0.3 is 33.8 Å². The first-order chi connectivity index (χ1) is 44.4. The van der Waals surface area contributed by atoms with Crippen molar-refractivity contribution in [1.82, 2.24) is 0 Å². The minimum absolute atomic E-state index is 0.103. The van der Waals surface area contributed by atoms with E-state index < -0.39 is 97.5 Å². The van der Waals surface area contributed by atoms with Gasteiger partial charge in [-0.15, -0.1) is 0 Å². The summed E-state index contributed by atoms with van der Waals surface area (Å²) in [6, 6.07) is 0. The number of phosphoric acid groups is 2. The SMILES string of the molecule is CCCCCCCCCCCCCCCCCCCCCCC(=O)O[C@H](COC(=O)CCCCCCCCCCCCC(C)C)COP(=O)(O)OC[C@@H](O)COP(=O)(O)OC[C@@H](COC(=O)CCCCCCCCCCC)OC(=O)CCCCCCCCC(C)CC. The number of hydrogen-bond acceptors (Lipinski definition) is 15. The van der Waals surface area contributed by atoms with Gasteiger partial charge in [-0.05, 0) is 37.5 Å². The Labute approximate surface area is 562 Å². The average molecular weight is 1350 g/mol. The smallest absolute Gasteiger partial charge is 0.462 e. The third-order valence-corrected chi connectivity index (χ3v) is 19.2. The van der Waals surface area contributed by atoms with Gasteiger partial charge in [-0.2, -0.15) is 0 Å². The Hall–Kier alpha value is -1.94. The van der Waals surface area contributed by atoms with Crippen LogP contribution in [0.1, 0.15) is 375 Å². The molecule has 3 N–H and O–H groups in total. The van der Waals surface area contributed by atoms with Crippen molar-refractivity contribution in [3.8, 4) is 0 Å². The lowest BCUT2D eigenvalue weighted by molar-refractivity contribution is -0.161. The number of hydrogen-bond donors (Lipinski definition) is 3. The van der Waals surface area contributed by atoms with Crippen molar-refractivity contribution < 1.29 is 80.2 Å². The number of esters is 4. The molecule has 17 nitrogen and oxygen atoms in total. The molecule has 0 amide bonds. The molecular weight excluding hydrogens is 1210 g/mol. The minimum Gasteiger partial charge on any atom is -0.462 e. The molecule has 0 aromatic rings. The molecular formula is C73H142O17P2. The molecule has 0 aromatic carbocycles. The van der Waals surface area contributed by atoms with Crippen molar-refractivity contribution in [3.63, 3.8) is 0 Å². The lowest BCUT2D eigenvalue weighted by Gasteiger charge is -2.21. The quantitative estimate of drug-likeness (QED) is 0.0222. The maximum Gasteiger partial charge on any atom is 0.472 e. The van der Waals surface area contributed by atoms with Crippen LogP contribution in [-0.2, 0) is 65.4 Å². The van der Waals surface area contributed by atoms with Crippen molar-refractivity contribution in [1.29, 1.82) is 0 Å². The fourth-order valence-electron chi connectivity index (χ4n) is 11.1. The summed E-state index contributed by atoms with van der Waals surface area (Å²) in [4.78, 5) is 72.6. The summed E-state index contributed by atoms with van der Waals surface area (Å²) in [5.74, 6) is -0.646. The van der Waals surface area contributed by atoms with Gasteiger partial charge >= 0.3 is 39.5 Å². The van der Waals surface area contributed by atoms with Gasteiger partial charge in [0.25, 0.3) is 0 Å². The predicted octanol–water partition coefficient (Wildman–Crippen LogP) is 21.2. The van der Waals surface area contributed by atoms with Gasteiger partial charge in [0.15, 0.2) is 12.2 Å². The summed E-state index contributed by atoms with van der Waals surface area (Å²) in [7, 11) is -9.90. The van der Waals surface area contributed by atoms with Crippen LogP contribution in [0.2, 0.25) is 0 Å². The molecule has 0 saturated heterocycles. The average Bonchev–Trinajstić information content (AvgIpc) is 2.80. The Bertz CT molecular complexity index is 1790. The van der Waals surface area contributed by atoms with Gasteiger partial charge in [-0.25, -0.2) is 9.13 Å². The molecule has 19 heteroatoms. The van der Waals surface area contributed by atoms with Crippen LogP contribution in [0.15, 0.2) is 0 Å². The Morgan fingerprint density at radius 3 is 0.826 bits per heavy atom. The zero-order chi connectivity index (χ0) is 67.9. The lowest BCUT2D eigenvalue weighted by Crippen LogP contribution is -2.30. The number of ether oxygens (including phenoxy) is 4. The minimum atomic E-state index is -4.95. The maximum atomic E-state index is 13.1. The van der Waals surface area contributed by atoms with E-state index in [1.165, 1.54) is 193 Å². The van der Waals surface area contributed by atoms with Crippen LogP contribution >= 0.6 is 15.6 Å². The number of carbonyl (C=O) groups is 4. The molecule has 6 atom stereocenters. The third kappa shape index (κ3) is 65.4. The molecule has 0 spiro atoms. The highest BCUT2D eigenvalue weighted by Gasteiger charge is 2.30. The van der Waals surface area contributed by atoms with Crippen molar-refractivity contribution in [2.45, 2.75) is 394 Å². The van der Waals surface area contributed by atoms with E-state index in [1.807, 2.05) is 0 Å². The molecule has 92 heavy (non-hydrogen) atoms. The van der Waals surface area contributed by atoms with Crippen molar-refractivity contribution >= 4 is 39.5 Å². The molecule has 0 aliphatic carbocycles. The van der Waals surface area contributed by atoms with Crippen LogP contribution in [-0.4, -0.2) is 96.7 Å². The first-order valence-electron chi connectivity index (χ1n) is 38.0. The van der Waals surface area contributed by atoms with E-state index in [9.17, 15) is 43.2 Å². The van der Waals surface area contributed by atoms with Gasteiger partial charge in [-0.1, -0.05) is 324 Å². The number of phosphoric ester groups is 2. The molecule has 0 aliphatic heterocycles. The van der Waals surface area contributed by atoms with Crippen LogP contribution in [0.25, 0.3) is 0 Å². The normalized spacial score (nSPS) is 14.4. The largest absolute Gasteiger partial charge is 0.472 e. The second-order valence-corrected chi connectivity index (χ2v) is 30.0. The van der Waals surface area contributed by atoms with Gasteiger partial charge in [0.05, 0.1) is 26.4 Å². The second-order valence-electron chi connectivity index (χ2n) is 27.1. The van der Waals surface area contributed by atoms with E-state index in [2.05, 4.69) is 41.5 Å². The fourth-order valence-corrected chi connectivity index (χ4v) is 12.7. The standard InChI is InChI=1S/C73H142O17P2/c1-7-10-12-14-16-18-19-20-21-22-23-24-25-26-27-28-34-38-45-51-57-72(77)89-68(61-84-71(76)56-50-44-37-33-30-29-32-35-41-47-53-65(4)5)63-87-91(79,80)85-59-67(74)60-86-92(81,82)88-64-69(62-83-70(75)55-49-43-36-31-17-15-13-11-8-2)90-73(78)58-52-46-40-39-42-48-54-66(6)9-3/h65-69,74H,7-64H2,1-6H3,(H,79,80)(H,81,82)/t66?,67-,68-,69-/m1/s1. The van der Waals surface area contributed by atoms with Crippen LogP contribution in [0, 0.1) is 11.8 Å². The molecule has 0 fully saturated rings. The van der Waals surface area contributed by atoms with Crippen LogP contribution in [0.4, 0.5) is 0 Å². The van der Waals surface area contributed by atoms with Crippen molar-refractivity contribution in [2.24, 2.45) is 11.8 Å². The molecule has 0 bridgehead atoms. The summed E-state index contributed by atoms with van der Waals surface area (Å²) in [6.45, 7) is 9.50. The Morgan fingerprint density at radius 2 is 0.554 bits per heavy atom. The third-order valence-electron chi connectivity index (χ3n) is 17.3. The molecule has 0 heterocycles. The summed E-state index contributed by atoms with van der Waals surface area (Å²) in [6.07, 6.45) is 51.5. The number of unbranched alkanes of at least 4 members (excludes halogenated alkanes) is 41. The predicted molar refractivity (Wildman–Crippen MR) is 372 cm³/mol.